The van der Waals surface area contributed by atoms with Crippen LogP contribution in [-0.4, -0.2) is 18.4 Å². The quantitative estimate of drug-likeness (QED) is 0.732. The number of ether oxygens (including phenoxy) is 1. The number of rotatable bonds is 5. The summed E-state index contributed by atoms with van der Waals surface area (Å²) in [5.74, 6) is -0.655. The van der Waals surface area contributed by atoms with Crippen LogP contribution >= 0.6 is 0 Å². The molecule has 0 unspecified atom stereocenters. The summed E-state index contributed by atoms with van der Waals surface area (Å²) in [5, 5.41) is 0.674. The summed E-state index contributed by atoms with van der Waals surface area (Å²) < 4.78 is 11.4. The van der Waals surface area contributed by atoms with Crippen LogP contribution in [-0.2, 0) is 0 Å². The summed E-state index contributed by atoms with van der Waals surface area (Å²) in [6.45, 7) is 2.33. The Kier molecular flexibility index (Phi) is 4.70. The van der Waals surface area contributed by atoms with Crippen molar-refractivity contribution in [3.63, 3.8) is 0 Å². The van der Waals surface area contributed by atoms with Crippen LogP contribution in [0.15, 0.2) is 57.9 Å². The number of amides is 2. The third kappa shape index (κ3) is 3.41. The summed E-state index contributed by atoms with van der Waals surface area (Å²) in [5.41, 5.74) is 12.2. The molecule has 0 bridgehead atoms. The molecule has 0 spiro atoms. The van der Waals surface area contributed by atoms with Gasteiger partial charge in [-0.2, -0.15) is 0 Å². The largest absolute Gasteiger partial charge is 0.490 e. The van der Waals surface area contributed by atoms with Crippen LogP contribution in [0.5, 0.6) is 5.75 Å². The fourth-order valence-corrected chi connectivity index (χ4v) is 2.47. The van der Waals surface area contributed by atoms with E-state index in [0.717, 1.165) is 0 Å². The maximum Gasteiger partial charge on any atom is 0.254 e. The number of carbonyl (C=O) groups is 2. The van der Waals surface area contributed by atoms with Crippen molar-refractivity contribution in [1.29, 1.82) is 0 Å². The van der Waals surface area contributed by atoms with Gasteiger partial charge in [-0.05, 0) is 43.3 Å². The minimum absolute atomic E-state index is 0.0592. The zero-order valence-electron chi connectivity index (χ0n) is 14.1. The van der Waals surface area contributed by atoms with Gasteiger partial charge in [0.25, 0.3) is 5.91 Å². The Labute approximate surface area is 148 Å². The van der Waals surface area contributed by atoms with Gasteiger partial charge in [0.05, 0.1) is 12.3 Å². The maximum absolute atomic E-state index is 11.8. The molecule has 0 saturated heterocycles. The predicted molar refractivity (Wildman–Crippen MR) is 96.1 cm³/mol. The van der Waals surface area contributed by atoms with Gasteiger partial charge in [0, 0.05) is 10.9 Å². The first-order valence-electron chi connectivity index (χ1n) is 7.93. The van der Waals surface area contributed by atoms with Crippen LogP contribution < -0.4 is 21.8 Å². The smallest absolute Gasteiger partial charge is 0.254 e. The first-order valence-corrected chi connectivity index (χ1v) is 7.93. The minimum Gasteiger partial charge on any atom is -0.490 e. The van der Waals surface area contributed by atoms with Crippen molar-refractivity contribution in [3.8, 4) is 5.75 Å². The van der Waals surface area contributed by atoms with Gasteiger partial charge in [0.1, 0.15) is 5.56 Å². The van der Waals surface area contributed by atoms with Crippen molar-refractivity contribution in [2.75, 3.05) is 6.61 Å². The van der Waals surface area contributed by atoms with E-state index in [1.807, 2.05) is 6.92 Å². The molecule has 7 heteroatoms. The Bertz CT molecular complexity index is 1050. The zero-order chi connectivity index (χ0) is 18.7. The third-order valence-electron chi connectivity index (χ3n) is 3.69. The monoisotopic (exact) mass is 351 g/mol. The SMILES string of the molecule is CCOc1cccc2cc(C(N)=O)c(=Nc3ccc(C(N)=O)cc3)oc12. The number of carbonyl (C=O) groups excluding carboxylic acids is 2. The minimum atomic E-state index is -0.662. The second-order valence-corrected chi connectivity index (χ2v) is 5.46. The van der Waals surface area contributed by atoms with E-state index < -0.39 is 11.8 Å². The maximum atomic E-state index is 11.8. The Morgan fingerprint density at radius 1 is 1.08 bits per heavy atom. The lowest BCUT2D eigenvalue weighted by Crippen LogP contribution is -2.21. The number of hydrogen-bond donors (Lipinski definition) is 2. The average molecular weight is 351 g/mol. The van der Waals surface area contributed by atoms with E-state index in [0.29, 0.717) is 34.6 Å². The van der Waals surface area contributed by atoms with Gasteiger partial charge in [0.15, 0.2) is 11.3 Å². The van der Waals surface area contributed by atoms with E-state index in [-0.39, 0.29) is 11.1 Å². The molecule has 2 aromatic carbocycles. The Balaban J connectivity index is 2.21. The van der Waals surface area contributed by atoms with Gasteiger partial charge >= 0.3 is 0 Å². The average Bonchev–Trinajstić information content (AvgIpc) is 2.62. The molecule has 2 amide bonds. The lowest BCUT2D eigenvalue weighted by Gasteiger charge is -2.07. The highest BCUT2D eigenvalue weighted by Crippen LogP contribution is 2.25. The van der Waals surface area contributed by atoms with E-state index in [1.165, 1.54) is 12.1 Å². The van der Waals surface area contributed by atoms with Gasteiger partial charge in [-0.1, -0.05) is 12.1 Å². The Hall–Kier alpha value is -3.61. The summed E-state index contributed by atoms with van der Waals surface area (Å²) in [6, 6.07) is 13.2. The normalized spacial score (nSPS) is 11.5. The van der Waals surface area contributed by atoms with Gasteiger partial charge < -0.3 is 20.6 Å². The molecule has 0 saturated carbocycles. The number of para-hydroxylation sites is 1. The van der Waals surface area contributed by atoms with Crippen LogP contribution in [0.3, 0.4) is 0 Å². The van der Waals surface area contributed by atoms with Crippen LogP contribution in [0.1, 0.15) is 27.6 Å². The van der Waals surface area contributed by atoms with Crippen molar-refractivity contribution >= 4 is 28.5 Å². The summed E-state index contributed by atoms with van der Waals surface area (Å²) in [7, 11) is 0. The number of fused-ring (bicyclic) bond motifs is 1. The second-order valence-electron chi connectivity index (χ2n) is 5.46. The van der Waals surface area contributed by atoms with Gasteiger partial charge in [-0.25, -0.2) is 4.99 Å². The van der Waals surface area contributed by atoms with Gasteiger partial charge in [-0.3, -0.25) is 9.59 Å². The Morgan fingerprint density at radius 3 is 2.42 bits per heavy atom. The lowest BCUT2D eigenvalue weighted by molar-refractivity contribution is 0.0989. The van der Waals surface area contributed by atoms with E-state index in [1.54, 1.807) is 36.4 Å². The van der Waals surface area contributed by atoms with E-state index in [9.17, 15) is 9.59 Å². The molecule has 0 radical (unpaired) electrons. The molecule has 0 aliphatic rings. The fourth-order valence-electron chi connectivity index (χ4n) is 2.47. The first-order chi connectivity index (χ1) is 12.5. The second kappa shape index (κ2) is 7.10. The van der Waals surface area contributed by atoms with Crippen molar-refractivity contribution in [1.82, 2.24) is 0 Å². The number of hydrogen-bond acceptors (Lipinski definition) is 5. The molecular formula is C19H17N3O4. The molecule has 7 nitrogen and oxygen atoms in total. The zero-order valence-corrected chi connectivity index (χ0v) is 14.1. The number of nitrogens with two attached hydrogens (primary N) is 2. The summed E-state index contributed by atoms with van der Waals surface area (Å²) >= 11 is 0. The molecule has 1 aromatic heterocycles. The molecule has 0 aliphatic heterocycles. The van der Waals surface area contributed by atoms with Crippen molar-refractivity contribution < 1.29 is 18.7 Å². The van der Waals surface area contributed by atoms with Crippen molar-refractivity contribution in [2.24, 2.45) is 16.5 Å². The third-order valence-corrected chi connectivity index (χ3v) is 3.69. The standard InChI is InChI=1S/C19H17N3O4/c1-2-25-15-5-3-4-12-10-14(18(21)24)19(26-16(12)15)22-13-8-6-11(7-9-13)17(20)23/h3-10H,2H2,1H3,(H2,20,23)(H2,21,24). The Morgan fingerprint density at radius 2 is 1.81 bits per heavy atom. The molecule has 4 N–H and O–H groups in total. The lowest BCUT2D eigenvalue weighted by atomic mass is 10.1. The molecule has 0 atom stereocenters. The molecule has 0 fully saturated rings. The number of benzene rings is 2. The van der Waals surface area contributed by atoms with Crippen molar-refractivity contribution in [2.45, 2.75) is 6.92 Å². The summed E-state index contributed by atoms with van der Waals surface area (Å²) in [6.07, 6.45) is 0. The molecule has 132 valence electrons. The van der Waals surface area contributed by atoms with Crippen LogP contribution in [0.25, 0.3) is 11.0 Å². The molecule has 26 heavy (non-hydrogen) atoms. The topological polar surface area (TPSA) is 121 Å². The molecule has 0 aliphatic carbocycles. The van der Waals surface area contributed by atoms with Crippen LogP contribution in [0.4, 0.5) is 5.69 Å². The van der Waals surface area contributed by atoms with Crippen LogP contribution in [0, 0.1) is 0 Å². The van der Waals surface area contributed by atoms with E-state index in [4.69, 9.17) is 20.6 Å². The highest BCUT2D eigenvalue weighted by Gasteiger charge is 2.12. The first kappa shape index (κ1) is 17.2. The van der Waals surface area contributed by atoms with E-state index in [2.05, 4.69) is 4.99 Å². The number of nitrogens with zero attached hydrogens (tertiary/aromatic N) is 1. The van der Waals surface area contributed by atoms with Crippen LogP contribution in [0.2, 0.25) is 0 Å². The highest BCUT2D eigenvalue weighted by atomic mass is 16.5. The molecule has 3 aromatic rings. The summed E-state index contributed by atoms with van der Waals surface area (Å²) in [4.78, 5) is 27.3. The van der Waals surface area contributed by atoms with Gasteiger partial charge in [-0.15, -0.1) is 0 Å². The predicted octanol–water partition coefficient (Wildman–Crippen LogP) is 2.26. The number of primary amides is 2. The molecule has 3 rings (SSSR count). The highest BCUT2D eigenvalue weighted by molar-refractivity contribution is 5.96. The fraction of sp³-hybridized carbons (Fsp3) is 0.105. The van der Waals surface area contributed by atoms with Crippen molar-refractivity contribution in [3.05, 3.63) is 65.2 Å². The molecule has 1 heterocycles. The van der Waals surface area contributed by atoms with E-state index >= 15 is 0 Å². The molecular weight excluding hydrogens is 334 g/mol. The van der Waals surface area contributed by atoms with Gasteiger partial charge in [0.2, 0.25) is 11.5 Å².